The molecule has 0 aromatic heterocycles. The molecule has 0 spiro atoms. The van der Waals surface area contributed by atoms with Gasteiger partial charge in [0.05, 0.1) is 0 Å². The van der Waals surface area contributed by atoms with Gasteiger partial charge in [-0.2, -0.15) is 0 Å². The highest BCUT2D eigenvalue weighted by atomic mass is 16.5. The number of para-hydroxylation sites is 1. The molecule has 1 fully saturated rings. The predicted octanol–water partition coefficient (Wildman–Crippen LogP) is 3.30. The van der Waals surface area contributed by atoms with Crippen molar-refractivity contribution in [3.05, 3.63) is 29.8 Å². The van der Waals surface area contributed by atoms with Crippen molar-refractivity contribution in [2.24, 2.45) is 5.41 Å². The van der Waals surface area contributed by atoms with E-state index in [2.05, 4.69) is 42.3 Å². The van der Waals surface area contributed by atoms with Gasteiger partial charge in [-0.15, -0.1) is 0 Å². The third-order valence-corrected chi connectivity index (χ3v) is 5.02. The molecule has 1 aliphatic rings. The van der Waals surface area contributed by atoms with Crippen molar-refractivity contribution in [1.29, 1.82) is 0 Å². The van der Waals surface area contributed by atoms with Crippen LogP contribution in [0.5, 0.6) is 5.75 Å². The Labute approximate surface area is 129 Å². The molecule has 0 bridgehead atoms. The Kier molecular flexibility index (Phi) is 6.07. The van der Waals surface area contributed by atoms with Crippen LogP contribution in [0.4, 0.5) is 0 Å². The number of hydrogen-bond acceptors (Lipinski definition) is 3. The van der Waals surface area contributed by atoms with E-state index in [1.165, 1.54) is 37.9 Å². The van der Waals surface area contributed by atoms with Crippen LogP contribution in [0.2, 0.25) is 0 Å². The van der Waals surface area contributed by atoms with E-state index in [1.54, 1.807) is 0 Å². The van der Waals surface area contributed by atoms with Gasteiger partial charge in [-0.25, -0.2) is 0 Å². The van der Waals surface area contributed by atoms with E-state index < -0.39 is 0 Å². The van der Waals surface area contributed by atoms with Gasteiger partial charge in [-0.3, -0.25) is 4.90 Å². The third-order valence-electron chi connectivity index (χ3n) is 5.02. The molecule has 3 heteroatoms. The number of nitrogens with zero attached hydrogens (tertiary/aromatic N) is 1. The standard InChI is InChI=1S/C18H30N2O/c1-4-18(5-2)10-11-20(15-18)12-13-21-17-9-7-6-8-16(17)14-19-3/h6-9,19H,4-5,10-15H2,1-3H3. The van der Waals surface area contributed by atoms with Gasteiger partial charge in [-0.1, -0.05) is 32.0 Å². The minimum Gasteiger partial charge on any atom is -0.492 e. The summed E-state index contributed by atoms with van der Waals surface area (Å²) < 4.78 is 6.01. The summed E-state index contributed by atoms with van der Waals surface area (Å²) in [7, 11) is 1.97. The normalized spacial score (nSPS) is 18.0. The fourth-order valence-electron chi connectivity index (χ4n) is 3.31. The zero-order chi connectivity index (χ0) is 15.1. The topological polar surface area (TPSA) is 24.5 Å². The smallest absolute Gasteiger partial charge is 0.123 e. The number of ether oxygens (including phenoxy) is 1. The van der Waals surface area contributed by atoms with E-state index in [9.17, 15) is 0 Å². The summed E-state index contributed by atoms with van der Waals surface area (Å²) >= 11 is 0. The van der Waals surface area contributed by atoms with Crippen molar-refractivity contribution in [2.75, 3.05) is 33.3 Å². The summed E-state index contributed by atoms with van der Waals surface area (Å²) in [5.74, 6) is 1.02. The molecule has 1 aromatic rings. The monoisotopic (exact) mass is 290 g/mol. The lowest BCUT2D eigenvalue weighted by Gasteiger charge is -2.26. The number of rotatable bonds is 8. The van der Waals surface area contributed by atoms with Crippen LogP contribution in [-0.2, 0) is 6.54 Å². The maximum absolute atomic E-state index is 6.01. The minimum absolute atomic E-state index is 0.560. The maximum atomic E-state index is 6.01. The van der Waals surface area contributed by atoms with Crippen LogP contribution in [0, 0.1) is 5.41 Å². The first-order valence-corrected chi connectivity index (χ1v) is 8.30. The molecular formula is C18H30N2O. The van der Waals surface area contributed by atoms with Gasteiger partial charge in [0.15, 0.2) is 0 Å². The first-order valence-electron chi connectivity index (χ1n) is 8.30. The summed E-state index contributed by atoms with van der Waals surface area (Å²) in [6, 6.07) is 8.31. The van der Waals surface area contributed by atoms with Gasteiger partial charge >= 0.3 is 0 Å². The van der Waals surface area contributed by atoms with Crippen molar-refractivity contribution in [3.8, 4) is 5.75 Å². The molecule has 1 saturated heterocycles. The van der Waals surface area contributed by atoms with Gasteiger partial charge < -0.3 is 10.1 Å². The zero-order valence-electron chi connectivity index (χ0n) is 13.8. The van der Waals surface area contributed by atoms with E-state index in [-0.39, 0.29) is 0 Å². The van der Waals surface area contributed by atoms with Gasteiger partial charge in [0, 0.05) is 25.2 Å². The Morgan fingerprint density at radius 3 is 2.67 bits per heavy atom. The summed E-state index contributed by atoms with van der Waals surface area (Å²) in [6.45, 7) is 9.80. The maximum Gasteiger partial charge on any atom is 0.123 e. The van der Waals surface area contributed by atoms with Crippen LogP contribution >= 0.6 is 0 Å². The van der Waals surface area contributed by atoms with Gasteiger partial charge in [0.1, 0.15) is 12.4 Å². The van der Waals surface area contributed by atoms with E-state index in [4.69, 9.17) is 4.74 Å². The largest absolute Gasteiger partial charge is 0.492 e. The second-order valence-corrected chi connectivity index (χ2v) is 6.22. The van der Waals surface area contributed by atoms with Crippen molar-refractivity contribution >= 4 is 0 Å². The fraction of sp³-hybridized carbons (Fsp3) is 0.667. The Bertz CT molecular complexity index is 429. The first kappa shape index (κ1) is 16.3. The summed E-state index contributed by atoms with van der Waals surface area (Å²) in [4.78, 5) is 2.56. The summed E-state index contributed by atoms with van der Waals surface area (Å²) in [6.07, 6.45) is 3.94. The second-order valence-electron chi connectivity index (χ2n) is 6.22. The lowest BCUT2D eigenvalue weighted by Crippen LogP contribution is -2.29. The van der Waals surface area contributed by atoms with Gasteiger partial charge in [0.25, 0.3) is 0 Å². The molecule has 1 N–H and O–H groups in total. The van der Waals surface area contributed by atoms with E-state index in [0.29, 0.717) is 5.41 Å². The van der Waals surface area contributed by atoms with Crippen LogP contribution in [-0.4, -0.2) is 38.2 Å². The van der Waals surface area contributed by atoms with Crippen molar-refractivity contribution < 1.29 is 4.74 Å². The number of likely N-dealkylation sites (tertiary alicyclic amines) is 1. The highest BCUT2D eigenvalue weighted by molar-refractivity contribution is 5.33. The quantitative estimate of drug-likeness (QED) is 0.795. The highest BCUT2D eigenvalue weighted by Gasteiger charge is 2.34. The minimum atomic E-state index is 0.560. The van der Waals surface area contributed by atoms with Crippen molar-refractivity contribution in [1.82, 2.24) is 10.2 Å². The van der Waals surface area contributed by atoms with Crippen LogP contribution in [0.1, 0.15) is 38.7 Å². The molecule has 1 aromatic carbocycles. The molecule has 0 aliphatic carbocycles. The van der Waals surface area contributed by atoms with Crippen LogP contribution < -0.4 is 10.1 Å². The number of nitrogens with one attached hydrogen (secondary N) is 1. The molecule has 21 heavy (non-hydrogen) atoms. The average molecular weight is 290 g/mol. The average Bonchev–Trinajstić information content (AvgIpc) is 2.93. The van der Waals surface area contributed by atoms with Crippen LogP contribution in [0.25, 0.3) is 0 Å². The first-order chi connectivity index (χ1) is 10.2. The molecular weight excluding hydrogens is 260 g/mol. The van der Waals surface area contributed by atoms with Crippen LogP contribution in [0.3, 0.4) is 0 Å². The van der Waals surface area contributed by atoms with Crippen molar-refractivity contribution in [2.45, 2.75) is 39.7 Å². The fourth-order valence-corrected chi connectivity index (χ4v) is 3.31. The molecule has 1 heterocycles. The van der Waals surface area contributed by atoms with E-state index in [0.717, 1.165) is 25.4 Å². The molecule has 0 amide bonds. The Hall–Kier alpha value is -1.06. The summed E-state index contributed by atoms with van der Waals surface area (Å²) in [5, 5.41) is 3.19. The zero-order valence-corrected chi connectivity index (χ0v) is 13.8. The summed E-state index contributed by atoms with van der Waals surface area (Å²) in [5.41, 5.74) is 1.79. The lowest BCUT2D eigenvalue weighted by molar-refractivity contribution is 0.203. The SMILES string of the molecule is CCC1(CC)CCN(CCOc2ccccc2CNC)C1. The van der Waals surface area contributed by atoms with Crippen molar-refractivity contribution in [3.63, 3.8) is 0 Å². The predicted molar refractivity (Wildman–Crippen MR) is 88.8 cm³/mol. The molecule has 0 atom stereocenters. The highest BCUT2D eigenvalue weighted by Crippen LogP contribution is 2.36. The Morgan fingerprint density at radius 2 is 2.00 bits per heavy atom. The molecule has 0 saturated carbocycles. The number of benzene rings is 1. The Balaban J connectivity index is 1.80. The lowest BCUT2D eigenvalue weighted by atomic mass is 9.82. The molecule has 3 nitrogen and oxygen atoms in total. The molecule has 0 radical (unpaired) electrons. The van der Waals surface area contributed by atoms with E-state index in [1.807, 2.05) is 13.1 Å². The molecule has 0 unspecified atom stereocenters. The molecule has 2 rings (SSSR count). The second kappa shape index (κ2) is 7.81. The van der Waals surface area contributed by atoms with E-state index >= 15 is 0 Å². The van der Waals surface area contributed by atoms with Gasteiger partial charge in [0.2, 0.25) is 0 Å². The number of hydrogen-bond donors (Lipinski definition) is 1. The third kappa shape index (κ3) is 4.21. The molecule has 118 valence electrons. The Morgan fingerprint density at radius 1 is 1.24 bits per heavy atom. The van der Waals surface area contributed by atoms with Gasteiger partial charge in [-0.05, 0) is 44.3 Å². The van der Waals surface area contributed by atoms with Crippen LogP contribution in [0.15, 0.2) is 24.3 Å². The molecule has 1 aliphatic heterocycles.